The van der Waals surface area contributed by atoms with E-state index < -0.39 is 15.3 Å². The summed E-state index contributed by atoms with van der Waals surface area (Å²) in [6.45, 7) is 7.48. The summed E-state index contributed by atoms with van der Waals surface area (Å²) in [5, 5.41) is 2.76. The molecule has 6 heteroatoms. The predicted octanol–water partition coefficient (Wildman–Crippen LogP) is 1.66. The maximum Gasteiger partial charge on any atom is 0.239 e. The molecular weight excluding hydrogens is 286 g/mol. The van der Waals surface area contributed by atoms with Crippen molar-refractivity contribution in [2.45, 2.75) is 32.1 Å². The maximum absolute atomic E-state index is 12.8. The van der Waals surface area contributed by atoms with Crippen molar-refractivity contribution in [3.8, 4) is 0 Å². The summed E-state index contributed by atoms with van der Waals surface area (Å²) in [4.78, 5) is 2.10. The van der Waals surface area contributed by atoms with E-state index in [2.05, 4.69) is 10.2 Å². The van der Waals surface area contributed by atoms with E-state index in [0.29, 0.717) is 19.6 Å². The molecule has 21 heavy (non-hydrogen) atoms. The number of rotatable bonds is 5. The van der Waals surface area contributed by atoms with Gasteiger partial charge in [0.25, 0.3) is 0 Å². The molecule has 0 amide bonds. The number of benzene rings is 1. The zero-order valence-corrected chi connectivity index (χ0v) is 14.0. The second-order valence-electron chi connectivity index (χ2n) is 5.90. The molecule has 1 unspecified atom stereocenters. The number of para-hydroxylation sites is 2. The van der Waals surface area contributed by atoms with Crippen molar-refractivity contribution < 1.29 is 8.42 Å². The first-order valence-corrected chi connectivity index (χ1v) is 8.89. The van der Waals surface area contributed by atoms with Crippen LogP contribution in [0.3, 0.4) is 0 Å². The second-order valence-corrected chi connectivity index (χ2v) is 8.18. The number of nitrogens with zero attached hydrogens (tertiary/aromatic N) is 2. The third-order valence-electron chi connectivity index (χ3n) is 3.83. The van der Waals surface area contributed by atoms with Crippen LogP contribution in [0.5, 0.6) is 0 Å². The quantitative estimate of drug-likeness (QED) is 0.898. The Balaban J connectivity index is 2.27. The molecular formula is C15H25N3O2S. The van der Waals surface area contributed by atoms with E-state index in [1.165, 1.54) is 0 Å². The fourth-order valence-corrected chi connectivity index (χ4v) is 3.97. The largest absolute Gasteiger partial charge is 0.371 e. The molecule has 1 aliphatic heterocycles. The summed E-state index contributed by atoms with van der Waals surface area (Å²) in [5.41, 5.74) is 1.75. The Hall–Kier alpha value is -1.27. The highest BCUT2D eigenvalue weighted by molar-refractivity contribution is 7.93. The lowest BCUT2D eigenvalue weighted by molar-refractivity contribution is 0.546. The molecule has 1 aromatic rings. The molecule has 0 spiro atoms. The van der Waals surface area contributed by atoms with Gasteiger partial charge in [0, 0.05) is 26.2 Å². The van der Waals surface area contributed by atoms with Gasteiger partial charge in [0.05, 0.1) is 23.2 Å². The van der Waals surface area contributed by atoms with Gasteiger partial charge in [-0.25, -0.2) is 8.42 Å². The number of sulfonamides is 1. The van der Waals surface area contributed by atoms with E-state index in [-0.39, 0.29) is 6.04 Å². The van der Waals surface area contributed by atoms with Crippen molar-refractivity contribution in [2.75, 3.05) is 35.9 Å². The molecule has 0 bridgehead atoms. The zero-order valence-electron chi connectivity index (χ0n) is 13.2. The van der Waals surface area contributed by atoms with Crippen LogP contribution in [0.2, 0.25) is 0 Å². The SMILES string of the molecule is CC(C)NCC(C)S(=O)(=O)N1CCN(C)c2ccccc21. The van der Waals surface area contributed by atoms with Gasteiger partial charge in [-0.05, 0) is 19.1 Å². The van der Waals surface area contributed by atoms with Crippen LogP contribution in [0.4, 0.5) is 11.4 Å². The minimum atomic E-state index is -3.35. The van der Waals surface area contributed by atoms with Crippen LogP contribution in [0.15, 0.2) is 24.3 Å². The number of anilines is 2. The Bertz CT molecular complexity index is 586. The molecule has 0 fully saturated rings. The molecule has 0 saturated heterocycles. The van der Waals surface area contributed by atoms with E-state index >= 15 is 0 Å². The lowest BCUT2D eigenvalue weighted by Gasteiger charge is -2.37. The molecule has 1 atom stereocenters. The van der Waals surface area contributed by atoms with Crippen molar-refractivity contribution in [2.24, 2.45) is 0 Å². The molecule has 1 N–H and O–H groups in total. The zero-order chi connectivity index (χ0) is 15.6. The van der Waals surface area contributed by atoms with E-state index in [0.717, 1.165) is 11.4 Å². The third kappa shape index (κ3) is 3.32. The Kier molecular flexibility index (Phi) is 4.78. The van der Waals surface area contributed by atoms with E-state index in [9.17, 15) is 8.42 Å². The van der Waals surface area contributed by atoms with Crippen LogP contribution in [0, 0.1) is 0 Å². The normalized spacial score (nSPS) is 17.0. The van der Waals surface area contributed by atoms with E-state index in [1.54, 1.807) is 11.2 Å². The minimum absolute atomic E-state index is 0.280. The van der Waals surface area contributed by atoms with Crippen LogP contribution in [0.1, 0.15) is 20.8 Å². The monoisotopic (exact) mass is 311 g/mol. The van der Waals surface area contributed by atoms with Crippen LogP contribution >= 0.6 is 0 Å². The van der Waals surface area contributed by atoms with Crippen molar-refractivity contribution >= 4 is 21.4 Å². The fourth-order valence-electron chi connectivity index (χ4n) is 2.47. The molecule has 0 saturated carbocycles. The number of likely N-dealkylation sites (N-methyl/N-ethyl adjacent to an activating group) is 1. The Morgan fingerprint density at radius 1 is 1.14 bits per heavy atom. The van der Waals surface area contributed by atoms with E-state index in [4.69, 9.17) is 0 Å². The van der Waals surface area contributed by atoms with Crippen molar-refractivity contribution in [3.63, 3.8) is 0 Å². The van der Waals surface area contributed by atoms with Gasteiger partial charge >= 0.3 is 0 Å². The van der Waals surface area contributed by atoms with Crippen LogP contribution < -0.4 is 14.5 Å². The standard InChI is InChI=1S/C15H25N3O2S/c1-12(2)16-11-13(3)21(19,20)18-10-9-17(4)14-7-5-6-8-15(14)18/h5-8,12-13,16H,9-11H2,1-4H3. The second kappa shape index (κ2) is 6.23. The number of nitrogens with one attached hydrogen (secondary N) is 1. The van der Waals surface area contributed by atoms with Crippen molar-refractivity contribution in [1.82, 2.24) is 5.32 Å². The molecule has 1 heterocycles. The topological polar surface area (TPSA) is 52.7 Å². The van der Waals surface area contributed by atoms with Gasteiger partial charge in [0.15, 0.2) is 0 Å². The molecule has 5 nitrogen and oxygen atoms in total. The van der Waals surface area contributed by atoms with Gasteiger partial charge in [-0.2, -0.15) is 0 Å². The number of hydrogen-bond acceptors (Lipinski definition) is 4. The molecule has 0 radical (unpaired) electrons. The Morgan fingerprint density at radius 3 is 2.38 bits per heavy atom. The summed E-state index contributed by atoms with van der Waals surface area (Å²) >= 11 is 0. The highest BCUT2D eigenvalue weighted by atomic mass is 32.2. The molecule has 0 aliphatic carbocycles. The van der Waals surface area contributed by atoms with Crippen molar-refractivity contribution in [3.05, 3.63) is 24.3 Å². The molecule has 1 aliphatic rings. The highest BCUT2D eigenvalue weighted by Crippen LogP contribution is 2.34. The van der Waals surface area contributed by atoms with Gasteiger partial charge in [-0.1, -0.05) is 26.0 Å². The average molecular weight is 311 g/mol. The summed E-state index contributed by atoms with van der Waals surface area (Å²) in [6, 6.07) is 7.95. The van der Waals surface area contributed by atoms with Crippen molar-refractivity contribution in [1.29, 1.82) is 0 Å². The Morgan fingerprint density at radius 2 is 1.76 bits per heavy atom. The molecule has 2 rings (SSSR count). The van der Waals surface area contributed by atoms with E-state index in [1.807, 2.05) is 45.2 Å². The van der Waals surface area contributed by atoms with Gasteiger partial charge in [-0.15, -0.1) is 0 Å². The van der Waals surface area contributed by atoms with Gasteiger partial charge in [0.2, 0.25) is 10.0 Å². The lowest BCUT2D eigenvalue weighted by Crippen LogP contribution is -2.48. The Labute approximate surface area is 128 Å². The van der Waals surface area contributed by atoms with Gasteiger partial charge in [0.1, 0.15) is 0 Å². The summed E-state index contributed by atoms with van der Waals surface area (Å²) < 4.78 is 27.2. The molecule has 1 aromatic carbocycles. The fraction of sp³-hybridized carbons (Fsp3) is 0.600. The van der Waals surface area contributed by atoms with Gasteiger partial charge in [-0.3, -0.25) is 4.31 Å². The summed E-state index contributed by atoms with van der Waals surface area (Å²) in [5.74, 6) is 0. The summed E-state index contributed by atoms with van der Waals surface area (Å²) in [7, 11) is -1.36. The molecule has 118 valence electrons. The summed E-state index contributed by atoms with van der Waals surface area (Å²) in [6.07, 6.45) is 0. The lowest BCUT2D eigenvalue weighted by atomic mass is 10.2. The average Bonchev–Trinajstić information content (AvgIpc) is 2.45. The first kappa shape index (κ1) is 16.1. The maximum atomic E-state index is 12.8. The minimum Gasteiger partial charge on any atom is -0.371 e. The third-order valence-corrected chi connectivity index (χ3v) is 6.01. The van der Waals surface area contributed by atoms with Crippen LogP contribution in [-0.2, 0) is 10.0 Å². The first-order chi connectivity index (χ1) is 9.84. The van der Waals surface area contributed by atoms with Crippen LogP contribution in [0.25, 0.3) is 0 Å². The smallest absolute Gasteiger partial charge is 0.239 e. The van der Waals surface area contributed by atoms with Crippen LogP contribution in [-0.4, -0.2) is 46.4 Å². The molecule has 0 aromatic heterocycles. The first-order valence-electron chi connectivity index (χ1n) is 7.39. The van der Waals surface area contributed by atoms with Gasteiger partial charge < -0.3 is 10.2 Å². The number of hydrogen-bond donors (Lipinski definition) is 1. The number of fused-ring (bicyclic) bond motifs is 1. The highest BCUT2D eigenvalue weighted by Gasteiger charge is 2.33. The predicted molar refractivity (Wildman–Crippen MR) is 88.6 cm³/mol.